The zero-order valence-electron chi connectivity index (χ0n) is 9.50. The summed E-state index contributed by atoms with van der Waals surface area (Å²) in [6.07, 6.45) is 0. The number of phenols is 2. The fourth-order valence-electron chi connectivity index (χ4n) is 1.25. The van der Waals surface area contributed by atoms with Gasteiger partial charge in [0.15, 0.2) is 11.5 Å². The third-order valence-corrected chi connectivity index (χ3v) is 2.52. The molecule has 18 heavy (non-hydrogen) atoms. The largest absolute Gasteiger partial charge is 0.504 e. The normalized spacial score (nSPS) is 11.3. The summed E-state index contributed by atoms with van der Waals surface area (Å²) in [5.41, 5.74) is -1.52. The van der Waals surface area contributed by atoms with Gasteiger partial charge in [-0.15, -0.1) is 0 Å². The molecule has 100 valence electrons. The van der Waals surface area contributed by atoms with E-state index in [1.165, 1.54) is 6.07 Å². The topological polar surface area (TPSA) is 130 Å². The van der Waals surface area contributed by atoms with E-state index in [0.29, 0.717) is 0 Å². The number of benzene rings is 1. The minimum absolute atomic E-state index is 0.0185. The second-order valence-electron chi connectivity index (χ2n) is 3.91. The van der Waals surface area contributed by atoms with Crippen molar-refractivity contribution in [1.82, 2.24) is 5.32 Å². The van der Waals surface area contributed by atoms with Gasteiger partial charge >= 0.3 is 0 Å². The molecule has 0 saturated heterocycles. The van der Waals surface area contributed by atoms with Crippen molar-refractivity contribution in [2.24, 2.45) is 0 Å². The summed E-state index contributed by atoms with van der Waals surface area (Å²) in [5.74, 6) is -1.54. The van der Waals surface area contributed by atoms with E-state index in [4.69, 9.17) is 20.4 Å². The molecule has 1 aromatic rings. The Balaban J connectivity index is 2.90. The van der Waals surface area contributed by atoms with Crippen LogP contribution in [0, 0.1) is 0 Å². The third kappa shape index (κ3) is 2.89. The Labute approximate surface area is 103 Å². The Kier molecular flexibility index (Phi) is 4.49. The molecule has 1 aromatic carbocycles. The van der Waals surface area contributed by atoms with Crippen LogP contribution in [0.2, 0.25) is 0 Å². The van der Waals surface area contributed by atoms with Gasteiger partial charge in [0.25, 0.3) is 5.91 Å². The van der Waals surface area contributed by atoms with E-state index in [0.717, 1.165) is 12.1 Å². The lowest BCUT2D eigenvalue weighted by Gasteiger charge is -2.28. The number of aromatic hydroxyl groups is 2. The Morgan fingerprint density at radius 3 is 2.06 bits per heavy atom. The highest BCUT2D eigenvalue weighted by molar-refractivity contribution is 5.95. The zero-order chi connectivity index (χ0) is 13.8. The highest BCUT2D eigenvalue weighted by atomic mass is 16.3. The summed E-state index contributed by atoms with van der Waals surface area (Å²) < 4.78 is 0. The predicted molar refractivity (Wildman–Crippen MR) is 61.2 cm³/mol. The van der Waals surface area contributed by atoms with Crippen LogP contribution in [0.15, 0.2) is 18.2 Å². The van der Waals surface area contributed by atoms with Crippen molar-refractivity contribution in [3.8, 4) is 11.5 Å². The molecule has 0 spiro atoms. The molecule has 0 aliphatic rings. The molecule has 0 aliphatic heterocycles. The lowest BCUT2D eigenvalue weighted by atomic mass is 10.0. The number of amides is 1. The first-order chi connectivity index (χ1) is 8.48. The van der Waals surface area contributed by atoms with E-state index in [-0.39, 0.29) is 11.3 Å². The van der Waals surface area contributed by atoms with Crippen molar-refractivity contribution in [2.45, 2.75) is 5.54 Å². The van der Waals surface area contributed by atoms with E-state index in [1.807, 2.05) is 0 Å². The van der Waals surface area contributed by atoms with Crippen molar-refractivity contribution in [3.05, 3.63) is 23.8 Å². The number of aliphatic hydroxyl groups excluding tert-OH is 3. The minimum Gasteiger partial charge on any atom is -0.504 e. The Morgan fingerprint density at radius 2 is 1.61 bits per heavy atom. The van der Waals surface area contributed by atoms with E-state index >= 15 is 0 Å². The van der Waals surface area contributed by atoms with Gasteiger partial charge in [-0.3, -0.25) is 4.79 Å². The van der Waals surface area contributed by atoms with E-state index in [2.05, 4.69) is 5.32 Å². The highest BCUT2D eigenvalue weighted by Gasteiger charge is 2.30. The van der Waals surface area contributed by atoms with Crippen LogP contribution in [-0.2, 0) is 0 Å². The van der Waals surface area contributed by atoms with Crippen molar-refractivity contribution < 1.29 is 30.3 Å². The molecule has 1 amide bonds. The van der Waals surface area contributed by atoms with Crippen molar-refractivity contribution in [1.29, 1.82) is 0 Å². The van der Waals surface area contributed by atoms with Crippen LogP contribution in [-0.4, -0.2) is 56.8 Å². The summed E-state index contributed by atoms with van der Waals surface area (Å²) in [5, 5.41) is 47.7. The molecule has 1 rings (SSSR count). The van der Waals surface area contributed by atoms with E-state index in [1.54, 1.807) is 0 Å². The first-order valence-corrected chi connectivity index (χ1v) is 5.15. The maximum Gasteiger partial charge on any atom is 0.252 e. The first-order valence-electron chi connectivity index (χ1n) is 5.15. The van der Waals surface area contributed by atoms with Crippen molar-refractivity contribution in [3.63, 3.8) is 0 Å². The Hall–Kier alpha value is -1.83. The van der Waals surface area contributed by atoms with Crippen LogP contribution in [0.1, 0.15) is 10.4 Å². The smallest absolute Gasteiger partial charge is 0.252 e. The standard InChI is InChI=1S/C11H15NO6/c13-4-11(5-14,6-15)12-10(18)7-1-2-8(16)9(17)3-7/h1-3,13-17H,4-6H2,(H,12,18). The number of nitrogens with one attached hydrogen (secondary N) is 1. The maximum atomic E-state index is 11.8. The molecule has 0 saturated carbocycles. The quantitative estimate of drug-likeness (QED) is 0.358. The molecule has 7 nitrogen and oxygen atoms in total. The monoisotopic (exact) mass is 257 g/mol. The van der Waals surface area contributed by atoms with Gasteiger partial charge in [0.2, 0.25) is 0 Å². The number of rotatable bonds is 5. The van der Waals surface area contributed by atoms with Crippen LogP contribution in [0.3, 0.4) is 0 Å². The summed E-state index contributed by atoms with van der Waals surface area (Å²) in [7, 11) is 0. The number of carbonyl (C=O) groups excluding carboxylic acids is 1. The van der Waals surface area contributed by atoms with Crippen molar-refractivity contribution in [2.75, 3.05) is 19.8 Å². The molecule has 0 radical (unpaired) electrons. The van der Waals surface area contributed by atoms with Gasteiger partial charge in [-0.1, -0.05) is 0 Å². The van der Waals surface area contributed by atoms with Crippen LogP contribution in [0.25, 0.3) is 0 Å². The Morgan fingerprint density at radius 1 is 1.06 bits per heavy atom. The summed E-state index contributed by atoms with van der Waals surface area (Å²) >= 11 is 0. The number of aliphatic hydroxyl groups is 3. The van der Waals surface area contributed by atoms with Gasteiger partial charge in [0.1, 0.15) is 5.54 Å². The molecule has 0 aliphatic carbocycles. The zero-order valence-corrected chi connectivity index (χ0v) is 9.50. The lowest BCUT2D eigenvalue weighted by molar-refractivity contribution is 0.0375. The van der Waals surface area contributed by atoms with E-state index in [9.17, 15) is 9.90 Å². The number of carbonyl (C=O) groups is 1. The molecule has 0 unspecified atom stereocenters. The molecular weight excluding hydrogens is 242 g/mol. The number of phenolic OH excluding ortho intramolecular Hbond substituents is 2. The second-order valence-corrected chi connectivity index (χ2v) is 3.91. The molecule has 0 heterocycles. The number of hydrogen-bond donors (Lipinski definition) is 6. The predicted octanol–water partition coefficient (Wildman–Crippen LogP) is -1.46. The van der Waals surface area contributed by atoms with E-state index < -0.39 is 37.0 Å². The van der Waals surface area contributed by atoms with Gasteiger partial charge < -0.3 is 30.8 Å². The summed E-state index contributed by atoms with van der Waals surface area (Å²) in [6, 6.07) is 3.41. The average molecular weight is 257 g/mol. The first kappa shape index (κ1) is 14.2. The number of hydrogen-bond acceptors (Lipinski definition) is 6. The molecule has 0 bridgehead atoms. The lowest BCUT2D eigenvalue weighted by Crippen LogP contribution is -2.57. The molecule has 0 aromatic heterocycles. The maximum absolute atomic E-state index is 11.8. The third-order valence-electron chi connectivity index (χ3n) is 2.52. The fraction of sp³-hybridized carbons (Fsp3) is 0.364. The second kappa shape index (κ2) is 5.67. The molecular formula is C11H15NO6. The SMILES string of the molecule is O=C(NC(CO)(CO)CO)c1ccc(O)c(O)c1. The van der Waals surface area contributed by atoms with Crippen molar-refractivity contribution >= 4 is 5.91 Å². The summed E-state index contributed by atoms with van der Waals surface area (Å²) in [6.45, 7) is -1.93. The molecule has 0 atom stereocenters. The van der Waals surface area contributed by atoms with Gasteiger partial charge in [-0.05, 0) is 18.2 Å². The van der Waals surface area contributed by atoms with Crippen LogP contribution < -0.4 is 5.32 Å². The fourth-order valence-corrected chi connectivity index (χ4v) is 1.25. The molecule has 7 heteroatoms. The minimum atomic E-state index is -1.54. The van der Waals surface area contributed by atoms with Gasteiger partial charge in [-0.2, -0.15) is 0 Å². The van der Waals surface area contributed by atoms with Gasteiger partial charge in [-0.25, -0.2) is 0 Å². The van der Waals surface area contributed by atoms with Gasteiger partial charge in [0.05, 0.1) is 19.8 Å². The average Bonchev–Trinajstić information content (AvgIpc) is 2.39. The highest BCUT2D eigenvalue weighted by Crippen LogP contribution is 2.24. The van der Waals surface area contributed by atoms with Crippen LogP contribution in [0.4, 0.5) is 0 Å². The molecule has 0 fully saturated rings. The van der Waals surface area contributed by atoms with Crippen LogP contribution >= 0.6 is 0 Å². The van der Waals surface area contributed by atoms with Crippen LogP contribution in [0.5, 0.6) is 11.5 Å². The Bertz CT molecular complexity index is 421. The van der Waals surface area contributed by atoms with Gasteiger partial charge in [0, 0.05) is 5.56 Å². The summed E-state index contributed by atoms with van der Waals surface area (Å²) in [4.78, 5) is 11.8. The molecule has 6 N–H and O–H groups in total.